The molecule has 0 saturated heterocycles. The van der Waals surface area contributed by atoms with E-state index in [1.807, 2.05) is 30.3 Å². The van der Waals surface area contributed by atoms with Gasteiger partial charge in [-0.05, 0) is 31.1 Å². The number of rotatable bonds is 4. The predicted octanol–water partition coefficient (Wildman–Crippen LogP) is 2.28. The van der Waals surface area contributed by atoms with Crippen molar-refractivity contribution in [3.8, 4) is 0 Å². The number of carbonyl (C=O) groups excluding carboxylic acids is 2. The van der Waals surface area contributed by atoms with Gasteiger partial charge >= 0.3 is 5.97 Å². The summed E-state index contributed by atoms with van der Waals surface area (Å²) in [5.41, 5.74) is 1.77. The molecule has 0 spiro atoms. The van der Waals surface area contributed by atoms with E-state index in [1.54, 1.807) is 19.9 Å². The maximum atomic E-state index is 11.7. The zero-order valence-electron chi connectivity index (χ0n) is 11.3. The first-order valence-electron chi connectivity index (χ1n) is 5.84. The molecule has 0 saturated carbocycles. The SMILES string of the molecule is COC(=O)C(NC(=O)/C=C/c1ccccc1)=C(C)C. The number of methoxy groups -OCH3 is 1. The Morgan fingerprint density at radius 1 is 1.16 bits per heavy atom. The van der Waals surface area contributed by atoms with Gasteiger partial charge in [0, 0.05) is 6.08 Å². The lowest BCUT2D eigenvalue weighted by atomic mass is 10.2. The second kappa shape index (κ2) is 7.16. The van der Waals surface area contributed by atoms with Crippen LogP contribution in [0.1, 0.15) is 19.4 Å². The van der Waals surface area contributed by atoms with Crippen molar-refractivity contribution in [2.24, 2.45) is 0 Å². The highest BCUT2D eigenvalue weighted by atomic mass is 16.5. The molecule has 0 aromatic heterocycles. The summed E-state index contributed by atoms with van der Waals surface area (Å²) in [6.07, 6.45) is 3.05. The minimum Gasteiger partial charge on any atom is -0.464 e. The van der Waals surface area contributed by atoms with Crippen LogP contribution in [0.4, 0.5) is 0 Å². The van der Waals surface area contributed by atoms with E-state index in [0.717, 1.165) is 5.56 Å². The first kappa shape index (κ1) is 14.7. The number of hydrogen-bond donors (Lipinski definition) is 1. The summed E-state index contributed by atoms with van der Waals surface area (Å²) in [5.74, 6) is -0.924. The van der Waals surface area contributed by atoms with Crippen molar-refractivity contribution in [1.29, 1.82) is 0 Å². The maximum Gasteiger partial charge on any atom is 0.354 e. The van der Waals surface area contributed by atoms with Gasteiger partial charge in [0.05, 0.1) is 7.11 Å². The van der Waals surface area contributed by atoms with E-state index in [-0.39, 0.29) is 11.6 Å². The van der Waals surface area contributed by atoms with Gasteiger partial charge in [0.2, 0.25) is 5.91 Å². The van der Waals surface area contributed by atoms with Gasteiger partial charge in [-0.2, -0.15) is 0 Å². The van der Waals surface area contributed by atoms with E-state index >= 15 is 0 Å². The van der Waals surface area contributed by atoms with E-state index in [9.17, 15) is 9.59 Å². The quantitative estimate of drug-likeness (QED) is 0.666. The second-order valence-electron chi connectivity index (χ2n) is 4.10. The van der Waals surface area contributed by atoms with Crippen LogP contribution in [0.5, 0.6) is 0 Å². The van der Waals surface area contributed by atoms with Crippen molar-refractivity contribution in [2.45, 2.75) is 13.8 Å². The molecule has 1 aromatic rings. The Hall–Kier alpha value is -2.36. The van der Waals surface area contributed by atoms with Gasteiger partial charge < -0.3 is 10.1 Å². The topological polar surface area (TPSA) is 55.4 Å². The smallest absolute Gasteiger partial charge is 0.354 e. The van der Waals surface area contributed by atoms with Crippen LogP contribution < -0.4 is 5.32 Å². The molecule has 0 heterocycles. The highest BCUT2D eigenvalue weighted by molar-refractivity contribution is 5.99. The average Bonchev–Trinajstić information content (AvgIpc) is 2.42. The fourth-order valence-corrected chi connectivity index (χ4v) is 1.38. The Morgan fingerprint density at radius 2 is 1.79 bits per heavy atom. The largest absolute Gasteiger partial charge is 0.464 e. The number of esters is 1. The molecule has 1 aromatic carbocycles. The number of nitrogens with one attached hydrogen (secondary N) is 1. The van der Waals surface area contributed by atoms with Gasteiger partial charge in [-0.15, -0.1) is 0 Å². The Kier molecular flexibility index (Phi) is 5.54. The van der Waals surface area contributed by atoms with Crippen LogP contribution in [-0.2, 0) is 14.3 Å². The Labute approximate surface area is 112 Å². The molecule has 1 N–H and O–H groups in total. The zero-order chi connectivity index (χ0) is 14.3. The zero-order valence-corrected chi connectivity index (χ0v) is 11.3. The molecular weight excluding hydrogens is 242 g/mol. The first-order chi connectivity index (χ1) is 9.04. The maximum absolute atomic E-state index is 11.7. The minimum atomic E-state index is -0.554. The van der Waals surface area contributed by atoms with E-state index in [0.29, 0.717) is 5.57 Å². The summed E-state index contributed by atoms with van der Waals surface area (Å²) in [6, 6.07) is 9.43. The number of hydrogen-bond acceptors (Lipinski definition) is 3. The van der Waals surface area contributed by atoms with E-state index in [1.165, 1.54) is 13.2 Å². The minimum absolute atomic E-state index is 0.171. The summed E-state index contributed by atoms with van der Waals surface area (Å²) >= 11 is 0. The van der Waals surface area contributed by atoms with E-state index in [4.69, 9.17) is 0 Å². The molecule has 0 bridgehead atoms. The molecule has 100 valence electrons. The van der Waals surface area contributed by atoms with Crippen molar-refractivity contribution >= 4 is 18.0 Å². The van der Waals surface area contributed by atoms with Crippen LogP contribution in [0.3, 0.4) is 0 Å². The van der Waals surface area contributed by atoms with Gasteiger partial charge in [0.25, 0.3) is 0 Å². The van der Waals surface area contributed by atoms with Crippen LogP contribution >= 0.6 is 0 Å². The first-order valence-corrected chi connectivity index (χ1v) is 5.84. The molecular formula is C15H17NO3. The normalized spacial score (nSPS) is 10.1. The van der Waals surface area contributed by atoms with Crippen LogP contribution in [0, 0.1) is 0 Å². The summed E-state index contributed by atoms with van der Waals surface area (Å²) < 4.78 is 4.60. The third-order valence-electron chi connectivity index (χ3n) is 2.36. The van der Waals surface area contributed by atoms with Crippen LogP contribution in [0.2, 0.25) is 0 Å². The number of allylic oxidation sites excluding steroid dienone is 1. The molecule has 1 amide bonds. The standard InChI is InChI=1S/C15H17NO3/c1-11(2)14(15(18)19-3)16-13(17)10-9-12-7-5-4-6-8-12/h4-10H,1-3H3,(H,16,17)/b10-9+. The number of ether oxygens (including phenoxy) is 1. The van der Waals surface area contributed by atoms with E-state index in [2.05, 4.69) is 10.1 Å². The van der Waals surface area contributed by atoms with Crippen LogP contribution in [0.25, 0.3) is 6.08 Å². The Balaban J connectivity index is 2.72. The lowest BCUT2D eigenvalue weighted by Crippen LogP contribution is -2.27. The lowest BCUT2D eigenvalue weighted by Gasteiger charge is -2.07. The lowest BCUT2D eigenvalue weighted by molar-refractivity contribution is -0.137. The third-order valence-corrected chi connectivity index (χ3v) is 2.36. The molecule has 0 radical (unpaired) electrons. The fourth-order valence-electron chi connectivity index (χ4n) is 1.38. The van der Waals surface area contributed by atoms with Crippen LogP contribution in [0.15, 0.2) is 47.7 Å². The Bertz CT molecular complexity index is 511. The number of carbonyl (C=O) groups is 2. The van der Waals surface area contributed by atoms with Gasteiger partial charge in [-0.1, -0.05) is 30.3 Å². The molecule has 0 atom stereocenters. The third kappa shape index (κ3) is 4.79. The monoisotopic (exact) mass is 259 g/mol. The summed E-state index contributed by atoms with van der Waals surface area (Å²) in [7, 11) is 1.28. The molecule has 0 fully saturated rings. The molecule has 4 nitrogen and oxygen atoms in total. The fraction of sp³-hybridized carbons (Fsp3) is 0.200. The van der Waals surface area contributed by atoms with Crippen molar-refractivity contribution < 1.29 is 14.3 Å². The summed E-state index contributed by atoms with van der Waals surface area (Å²) in [6.45, 7) is 3.46. The van der Waals surface area contributed by atoms with Gasteiger partial charge in [0.15, 0.2) is 0 Å². The molecule has 0 aliphatic heterocycles. The summed E-state index contributed by atoms with van der Waals surface area (Å²) in [4.78, 5) is 23.2. The predicted molar refractivity (Wildman–Crippen MR) is 74.0 cm³/mol. The molecule has 19 heavy (non-hydrogen) atoms. The molecule has 0 aliphatic rings. The molecule has 0 aliphatic carbocycles. The number of benzene rings is 1. The van der Waals surface area contributed by atoms with Gasteiger partial charge in [-0.3, -0.25) is 4.79 Å². The highest BCUT2D eigenvalue weighted by Gasteiger charge is 2.13. The van der Waals surface area contributed by atoms with Crippen molar-refractivity contribution in [3.05, 3.63) is 53.2 Å². The van der Waals surface area contributed by atoms with Crippen LogP contribution in [-0.4, -0.2) is 19.0 Å². The number of amides is 1. The van der Waals surface area contributed by atoms with Gasteiger partial charge in [-0.25, -0.2) is 4.79 Å². The summed E-state index contributed by atoms with van der Waals surface area (Å²) in [5, 5.41) is 2.52. The van der Waals surface area contributed by atoms with Gasteiger partial charge in [0.1, 0.15) is 5.70 Å². The molecule has 1 rings (SSSR count). The van der Waals surface area contributed by atoms with Crippen molar-refractivity contribution in [3.63, 3.8) is 0 Å². The second-order valence-corrected chi connectivity index (χ2v) is 4.10. The highest BCUT2D eigenvalue weighted by Crippen LogP contribution is 2.03. The Morgan fingerprint density at radius 3 is 2.32 bits per heavy atom. The molecule has 0 unspecified atom stereocenters. The average molecular weight is 259 g/mol. The molecule has 4 heteroatoms. The van der Waals surface area contributed by atoms with E-state index < -0.39 is 5.97 Å². The van der Waals surface area contributed by atoms with Crippen molar-refractivity contribution in [1.82, 2.24) is 5.32 Å². The van der Waals surface area contributed by atoms with Crippen molar-refractivity contribution in [2.75, 3.05) is 7.11 Å².